The fourth-order valence-electron chi connectivity index (χ4n) is 8.62. The minimum Gasteiger partial charge on any atom is -0.482 e. The first-order valence-electron chi connectivity index (χ1n) is 21.9. The van der Waals surface area contributed by atoms with E-state index < -0.39 is 41.6 Å². The molecule has 2 aromatic heterocycles. The number of rotatable bonds is 19. The maximum absolute atomic E-state index is 14.1. The summed E-state index contributed by atoms with van der Waals surface area (Å²) in [4.78, 5) is 70.6. The molecule has 0 bridgehead atoms. The number of hydrogen-bond donors (Lipinski definition) is 3. The number of likely N-dealkylation sites (tertiary alicyclic amines) is 1. The van der Waals surface area contributed by atoms with E-state index in [1.165, 1.54) is 12.1 Å². The van der Waals surface area contributed by atoms with E-state index in [0.717, 1.165) is 86.7 Å². The second-order valence-corrected chi connectivity index (χ2v) is 17.3. The molecule has 2 fully saturated rings. The Balaban J connectivity index is 0.746. The van der Waals surface area contributed by atoms with Gasteiger partial charge in [-0.05, 0) is 69.4 Å². The zero-order valence-electron chi connectivity index (χ0n) is 35.3. The fraction of sp³-hybridized carbons (Fsp3) is 0.457. The Morgan fingerprint density at radius 2 is 1.65 bits per heavy atom. The molecule has 14 nitrogen and oxygen atoms in total. The first kappa shape index (κ1) is 45.5. The molecule has 0 spiro atoms. The van der Waals surface area contributed by atoms with E-state index in [9.17, 15) is 28.4 Å². The van der Waals surface area contributed by atoms with E-state index in [1.807, 2.05) is 15.8 Å². The van der Waals surface area contributed by atoms with E-state index >= 15 is 0 Å². The Bertz CT molecular complexity index is 2350. The Hall–Kier alpha value is -5.54. The van der Waals surface area contributed by atoms with E-state index in [4.69, 9.17) is 33.7 Å². The first-order valence-corrected chi connectivity index (χ1v) is 22.6. The van der Waals surface area contributed by atoms with Crippen LogP contribution in [0.25, 0.3) is 11.1 Å². The summed E-state index contributed by atoms with van der Waals surface area (Å²) < 4.78 is 22.2. The van der Waals surface area contributed by atoms with Crippen molar-refractivity contribution in [3.63, 3.8) is 0 Å². The average molecular weight is 904 g/mol. The number of nitrogens with one attached hydrogen (secondary N) is 2. The second kappa shape index (κ2) is 20.8. The molecule has 17 heteroatoms. The summed E-state index contributed by atoms with van der Waals surface area (Å²) in [5.41, 5.74) is 9.18. The van der Waals surface area contributed by atoms with Gasteiger partial charge >= 0.3 is 0 Å². The van der Waals surface area contributed by atoms with Gasteiger partial charge in [-0.2, -0.15) is 5.10 Å². The van der Waals surface area contributed by atoms with E-state index in [2.05, 4.69) is 20.7 Å². The van der Waals surface area contributed by atoms with Gasteiger partial charge in [-0.3, -0.25) is 38.9 Å². The molecule has 0 radical (unpaired) electrons. The molecular formula is C46H53Cl2FN8O6. The number of fused-ring (bicyclic) bond motifs is 1. The third-order valence-corrected chi connectivity index (χ3v) is 12.9. The number of benzene rings is 2. The van der Waals surface area contributed by atoms with Crippen molar-refractivity contribution in [2.75, 3.05) is 30.7 Å². The molecule has 5 heterocycles. The van der Waals surface area contributed by atoms with Crippen LogP contribution in [0.15, 0.2) is 55.0 Å². The number of piperidine rings is 2. The van der Waals surface area contributed by atoms with Gasteiger partial charge in [0, 0.05) is 72.3 Å². The van der Waals surface area contributed by atoms with Crippen LogP contribution in [0.2, 0.25) is 10.0 Å². The molecule has 0 saturated carbocycles. The summed E-state index contributed by atoms with van der Waals surface area (Å²) in [6.45, 7) is 3.74. The highest BCUT2D eigenvalue weighted by molar-refractivity contribution is 6.36. The van der Waals surface area contributed by atoms with Crippen molar-refractivity contribution >= 4 is 64.2 Å². The number of amides is 5. The third kappa shape index (κ3) is 10.6. The molecular weight excluding hydrogens is 850 g/mol. The van der Waals surface area contributed by atoms with E-state index in [0.29, 0.717) is 43.1 Å². The van der Waals surface area contributed by atoms with Gasteiger partial charge in [0.05, 0.1) is 28.4 Å². The fourth-order valence-corrected chi connectivity index (χ4v) is 9.30. The minimum atomic E-state index is -0.985. The van der Waals surface area contributed by atoms with Crippen LogP contribution < -0.4 is 21.1 Å². The van der Waals surface area contributed by atoms with Crippen molar-refractivity contribution in [2.45, 2.75) is 115 Å². The van der Waals surface area contributed by atoms with Gasteiger partial charge in [-0.15, -0.1) is 0 Å². The van der Waals surface area contributed by atoms with Crippen molar-refractivity contribution in [1.82, 2.24) is 29.9 Å². The normalized spacial score (nSPS) is 17.2. The second-order valence-electron chi connectivity index (χ2n) is 16.5. The number of carbonyl (C=O) groups is 5. The van der Waals surface area contributed by atoms with Crippen LogP contribution in [0.1, 0.15) is 135 Å². The number of unbranched alkanes of at least 4 members (excludes halogenated alkanes) is 8. The first-order chi connectivity index (χ1) is 30.4. The molecule has 334 valence electrons. The van der Waals surface area contributed by atoms with Crippen molar-refractivity contribution < 1.29 is 33.1 Å². The topological polar surface area (TPSA) is 182 Å². The zero-order chi connectivity index (χ0) is 44.6. The van der Waals surface area contributed by atoms with Crippen LogP contribution >= 0.6 is 23.2 Å². The largest absolute Gasteiger partial charge is 0.482 e. The number of halogens is 3. The molecule has 63 heavy (non-hydrogen) atoms. The summed E-state index contributed by atoms with van der Waals surface area (Å²) in [5, 5.41) is 10.4. The zero-order valence-corrected chi connectivity index (χ0v) is 36.9. The lowest BCUT2D eigenvalue weighted by Gasteiger charge is -2.32. The number of nitrogens with zero attached hydrogens (tertiary/aromatic N) is 5. The van der Waals surface area contributed by atoms with E-state index in [-0.39, 0.29) is 51.8 Å². The van der Waals surface area contributed by atoms with Crippen molar-refractivity contribution in [2.24, 2.45) is 0 Å². The maximum atomic E-state index is 14.1. The molecule has 2 saturated heterocycles. The van der Waals surface area contributed by atoms with Crippen LogP contribution in [0.5, 0.6) is 5.75 Å². The standard InChI is InChI=1S/C46H53Cl2FN8O6/c1-28(40-33(47)15-16-34(49)42(40)48)63-37-24-29(25-52-43(37)50)30-26-53-56(27-30)31-19-22-55(23-20-31)39(59)14-9-7-5-3-2-4-6-8-10-21-51-35-13-11-12-32-41(35)46(62)57(45(32)61)36-17-18-38(58)54-44(36)60/h11-13,15-16,24-28,31,36,51H,2-10,14,17-23H2,1H3,(H2,50,52)(H,54,58,60). The van der Waals surface area contributed by atoms with Gasteiger partial charge in [0.25, 0.3) is 11.8 Å². The summed E-state index contributed by atoms with van der Waals surface area (Å²) >= 11 is 12.5. The Kier molecular flexibility index (Phi) is 15.0. The summed E-state index contributed by atoms with van der Waals surface area (Å²) in [7, 11) is 0. The lowest BCUT2D eigenvalue weighted by Crippen LogP contribution is -2.54. The minimum absolute atomic E-state index is 0.0827. The highest BCUT2D eigenvalue weighted by Gasteiger charge is 2.45. The number of anilines is 2. The van der Waals surface area contributed by atoms with Gasteiger partial charge in [-0.1, -0.05) is 74.2 Å². The van der Waals surface area contributed by atoms with Gasteiger partial charge in [0.2, 0.25) is 17.7 Å². The highest BCUT2D eigenvalue weighted by atomic mass is 35.5. The number of carbonyl (C=O) groups excluding carboxylic acids is 5. The number of aromatic nitrogens is 3. The van der Waals surface area contributed by atoms with Crippen LogP contribution in [0.3, 0.4) is 0 Å². The molecule has 2 atom stereocenters. The van der Waals surface area contributed by atoms with Gasteiger partial charge in [0.15, 0.2) is 11.6 Å². The summed E-state index contributed by atoms with van der Waals surface area (Å²) in [6, 6.07) is 8.68. The molecule has 7 rings (SSSR count). The predicted octanol–water partition coefficient (Wildman–Crippen LogP) is 8.69. The summed E-state index contributed by atoms with van der Waals surface area (Å²) in [5.74, 6) is -1.93. The molecule has 2 unspecified atom stereocenters. The van der Waals surface area contributed by atoms with Crippen LogP contribution in [-0.2, 0) is 14.4 Å². The Morgan fingerprint density at radius 3 is 2.38 bits per heavy atom. The van der Waals surface area contributed by atoms with Gasteiger partial charge < -0.3 is 20.7 Å². The van der Waals surface area contributed by atoms with Crippen molar-refractivity contribution in [1.29, 1.82) is 0 Å². The lowest BCUT2D eigenvalue weighted by molar-refractivity contribution is -0.136. The molecule has 3 aliphatic heterocycles. The molecule has 5 amide bonds. The Morgan fingerprint density at radius 1 is 0.937 bits per heavy atom. The molecule has 4 aromatic rings. The van der Waals surface area contributed by atoms with Crippen LogP contribution in [0, 0.1) is 5.82 Å². The molecule has 2 aromatic carbocycles. The van der Waals surface area contributed by atoms with Crippen molar-refractivity contribution in [3.8, 4) is 16.9 Å². The monoisotopic (exact) mass is 902 g/mol. The van der Waals surface area contributed by atoms with Crippen LogP contribution in [-0.4, -0.2) is 79.8 Å². The maximum Gasteiger partial charge on any atom is 0.264 e. The van der Waals surface area contributed by atoms with Gasteiger partial charge in [0.1, 0.15) is 18.0 Å². The number of nitrogen functional groups attached to an aromatic ring is 1. The quantitative estimate of drug-likeness (QED) is 0.0468. The number of imide groups is 2. The smallest absolute Gasteiger partial charge is 0.264 e. The Labute approximate surface area is 376 Å². The van der Waals surface area contributed by atoms with E-state index in [1.54, 1.807) is 43.6 Å². The van der Waals surface area contributed by atoms with Gasteiger partial charge in [-0.25, -0.2) is 9.37 Å². The molecule has 3 aliphatic rings. The number of pyridine rings is 1. The van der Waals surface area contributed by atoms with Crippen LogP contribution in [0.4, 0.5) is 15.9 Å². The number of nitrogens with two attached hydrogens (primary N) is 1. The average Bonchev–Trinajstić information content (AvgIpc) is 3.86. The lowest BCUT2D eigenvalue weighted by atomic mass is 10.0. The third-order valence-electron chi connectivity index (χ3n) is 12.1. The molecule has 0 aliphatic carbocycles. The SMILES string of the molecule is CC(Oc1cc(-c2cnn(C3CCN(C(=O)CCCCCCCCCCCNc4cccc5c4C(=O)N(C4CCC(=O)NC4=O)C5=O)CC3)c2)cnc1N)c1c(Cl)ccc(F)c1Cl. The number of ether oxygens (including phenoxy) is 1. The predicted molar refractivity (Wildman–Crippen MR) is 238 cm³/mol. The number of hydrogen-bond acceptors (Lipinski definition) is 10. The molecule has 4 N–H and O–H groups in total. The summed E-state index contributed by atoms with van der Waals surface area (Å²) in [6.07, 6.45) is 16.6. The highest BCUT2D eigenvalue weighted by Crippen LogP contribution is 2.38. The van der Waals surface area contributed by atoms with Crippen molar-refractivity contribution in [3.05, 3.63) is 87.5 Å².